The number of nitrogens with zero attached hydrogens (tertiary/aromatic N) is 2. The molecule has 2 aliphatic rings. The highest BCUT2D eigenvalue weighted by atomic mass is 16.4. The Morgan fingerprint density at radius 2 is 1.80 bits per heavy atom. The van der Waals surface area contributed by atoms with Crippen LogP contribution in [0.15, 0.2) is 0 Å². The van der Waals surface area contributed by atoms with Gasteiger partial charge >= 0.3 is 12.0 Å². The summed E-state index contributed by atoms with van der Waals surface area (Å²) >= 11 is 0. The molecule has 0 spiro atoms. The second-order valence-corrected chi connectivity index (χ2v) is 6.06. The molecule has 2 aliphatic heterocycles. The van der Waals surface area contributed by atoms with Gasteiger partial charge < -0.3 is 15.3 Å². The fourth-order valence-electron chi connectivity index (χ4n) is 3.23. The first-order valence-electron chi connectivity index (χ1n) is 7.53. The summed E-state index contributed by atoms with van der Waals surface area (Å²) in [6.45, 7) is 6.20. The molecule has 2 amide bonds. The molecule has 2 rings (SSSR count). The quantitative estimate of drug-likeness (QED) is 0.814. The molecule has 0 aromatic rings. The summed E-state index contributed by atoms with van der Waals surface area (Å²) < 4.78 is 0. The minimum absolute atomic E-state index is 0.00495. The molecule has 2 fully saturated rings. The van der Waals surface area contributed by atoms with Crippen molar-refractivity contribution in [2.75, 3.05) is 19.6 Å². The van der Waals surface area contributed by atoms with Gasteiger partial charge in [0, 0.05) is 25.2 Å². The van der Waals surface area contributed by atoms with Crippen molar-refractivity contribution in [1.29, 1.82) is 0 Å². The van der Waals surface area contributed by atoms with E-state index in [4.69, 9.17) is 0 Å². The second kappa shape index (κ2) is 6.43. The Bertz CT molecular complexity index is 365. The fourth-order valence-corrected chi connectivity index (χ4v) is 3.23. The third-order valence-electron chi connectivity index (χ3n) is 4.21. The number of aliphatic carboxylic acids is 1. The van der Waals surface area contributed by atoms with Gasteiger partial charge in [-0.05, 0) is 46.1 Å². The summed E-state index contributed by atoms with van der Waals surface area (Å²) in [5.74, 6) is -0.706. The maximum Gasteiger partial charge on any atom is 0.320 e. The zero-order chi connectivity index (χ0) is 14.7. The summed E-state index contributed by atoms with van der Waals surface area (Å²) in [7, 11) is 0. The lowest BCUT2D eigenvalue weighted by Gasteiger charge is -2.38. The predicted octanol–water partition coefficient (Wildman–Crippen LogP) is 1.12. The first-order chi connectivity index (χ1) is 9.49. The van der Waals surface area contributed by atoms with Crippen molar-refractivity contribution >= 4 is 12.0 Å². The van der Waals surface area contributed by atoms with Crippen LogP contribution in [0.4, 0.5) is 4.79 Å². The summed E-state index contributed by atoms with van der Waals surface area (Å²) in [6.07, 6.45) is 3.46. The zero-order valence-electron chi connectivity index (χ0n) is 12.3. The highest BCUT2D eigenvalue weighted by molar-refractivity contribution is 5.75. The number of likely N-dealkylation sites (tertiary alicyclic amines) is 2. The number of carbonyl (C=O) groups excluding carboxylic acids is 1. The average molecular weight is 283 g/mol. The average Bonchev–Trinajstić information content (AvgIpc) is 2.87. The van der Waals surface area contributed by atoms with Gasteiger partial charge in [0.1, 0.15) is 6.04 Å². The lowest BCUT2D eigenvalue weighted by Crippen LogP contribution is -2.52. The van der Waals surface area contributed by atoms with Gasteiger partial charge in [0.15, 0.2) is 0 Å². The highest BCUT2D eigenvalue weighted by Gasteiger charge is 2.37. The first-order valence-corrected chi connectivity index (χ1v) is 7.53. The summed E-state index contributed by atoms with van der Waals surface area (Å²) in [5.41, 5.74) is 0. The minimum Gasteiger partial charge on any atom is -0.480 e. The second-order valence-electron chi connectivity index (χ2n) is 6.06. The van der Waals surface area contributed by atoms with Gasteiger partial charge in [-0.25, -0.2) is 4.79 Å². The molecule has 0 aliphatic carbocycles. The molecule has 20 heavy (non-hydrogen) atoms. The van der Waals surface area contributed by atoms with Crippen molar-refractivity contribution in [3.05, 3.63) is 0 Å². The monoisotopic (exact) mass is 283 g/mol. The van der Waals surface area contributed by atoms with E-state index in [1.807, 2.05) is 18.7 Å². The number of amides is 2. The Labute approximate surface area is 120 Å². The van der Waals surface area contributed by atoms with Crippen LogP contribution in [-0.2, 0) is 4.79 Å². The van der Waals surface area contributed by atoms with Crippen LogP contribution in [0.5, 0.6) is 0 Å². The van der Waals surface area contributed by atoms with E-state index >= 15 is 0 Å². The molecular formula is C14H25N3O3. The Morgan fingerprint density at radius 1 is 1.15 bits per heavy atom. The number of carboxylic acids is 1. The van der Waals surface area contributed by atoms with Gasteiger partial charge in [0.05, 0.1) is 0 Å². The zero-order valence-corrected chi connectivity index (χ0v) is 12.3. The van der Waals surface area contributed by atoms with E-state index < -0.39 is 5.97 Å². The molecule has 2 N–H and O–H groups in total. The SMILES string of the molecule is CC(C)NC(=O)N1CCC(N2CCCC2C(=O)O)CC1. The standard InChI is InChI=1S/C14H25N3O3/c1-10(2)15-14(20)16-8-5-11(6-9-16)17-7-3-4-12(17)13(18)19/h10-12H,3-9H2,1-2H3,(H,15,20)(H,18,19). The molecule has 6 nitrogen and oxygen atoms in total. The third kappa shape index (κ3) is 3.42. The molecule has 0 bridgehead atoms. The Hall–Kier alpha value is -1.30. The predicted molar refractivity (Wildman–Crippen MR) is 75.6 cm³/mol. The van der Waals surface area contributed by atoms with E-state index in [-0.39, 0.29) is 18.1 Å². The van der Waals surface area contributed by atoms with Gasteiger partial charge in [-0.1, -0.05) is 0 Å². The van der Waals surface area contributed by atoms with Gasteiger partial charge in [0.25, 0.3) is 0 Å². The van der Waals surface area contributed by atoms with Gasteiger partial charge in [-0.15, -0.1) is 0 Å². The number of piperidine rings is 1. The Kier molecular flexibility index (Phi) is 4.86. The third-order valence-corrected chi connectivity index (χ3v) is 4.21. The Morgan fingerprint density at radius 3 is 2.35 bits per heavy atom. The minimum atomic E-state index is -0.706. The maximum atomic E-state index is 11.9. The number of nitrogens with one attached hydrogen (secondary N) is 1. The van der Waals surface area contributed by atoms with E-state index in [2.05, 4.69) is 10.2 Å². The lowest BCUT2D eigenvalue weighted by atomic mass is 10.0. The van der Waals surface area contributed by atoms with Crippen molar-refractivity contribution in [3.63, 3.8) is 0 Å². The van der Waals surface area contributed by atoms with E-state index in [0.717, 1.165) is 32.2 Å². The molecule has 2 saturated heterocycles. The Balaban J connectivity index is 1.85. The maximum absolute atomic E-state index is 11.9. The van der Waals surface area contributed by atoms with Crippen LogP contribution in [0.3, 0.4) is 0 Å². The van der Waals surface area contributed by atoms with Crippen LogP contribution in [0, 0.1) is 0 Å². The molecule has 1 atom stereocenters. The summed E-state index contributed by atoms with van der Waals surface area (Å²) in [6, 6.07) is 0.127. The fraction of sp³-hybridized carbons (Fsp3) is 0.857. The van der Waals surface area contributed by atoms with Crippen LogP contribution < -0.4 is 5.32 Å². The molecule has 0 aromatic carbocycles. The van der Waals surface area contributed by atoms with Gasteiger partial charge in [-0.2, -0.15) is 0 Å². The molecule has 0 aromatic heterocycles. The number of carbonyl (C=O) groups is 2. The number of hydrogen-bond acceptors (Lipinski definition) is 3. The largest absolute Gasteiger partial charge is 0.480 e. The van der Waals surface area contributed by atoms with E-state index in [0.29, 0.717) is 19.1 Å². The van der Waals surface area contributed by atoms with Gasteiger partial charge in [-0.3, -0.25) is 9.69 Å². The van der Waals surface area contributed by atoms with E-state index in [1.165, 1.54) is 0 Å². The smallest absolute Gasteiger partial charge is 0.320 e. The number of rotatable bonds is 3. The normalized spacial score (nSPS) is 25.1. The van der Waals surface area contributed by atoms with Crippen LogP contribution in [0.2, 0.25) is 0 Å². The van der Waals surface area contributed by atoms with Crippen molar-refractivity contribution in [1.82, 2.24) is 15.1 Å². The van der Waals surface area contributed by atoms with Crippen molar-refractivity contribution in [2.45, 2.75) is 57.7 Å². The molecular weight excluding hydrogens is 258 g/mol. The number of urea groups is 1. The molecule has 1 unspecified atom stereocenters. The topological polar surface area (TPSA) is 72.9 Å². The van der Waals surface area contributed by atoms with Crippen LogP contribution in [0.1, 0.15) is 39.5 Å². The molecule has 0 saturated carbocycles. The first kappa shape index (κ1) is 15.1. The van der Waals surface area contributed by atoms with Gasteiger partial charge in [0.2, 0.25) is 0 Å². The molecule has 114 valence electrons. The molecule has 2 heterocycles. The number of carboxylic acid groups (broad SMARTS) is 1. The summed E-state index contributed by atoms with van der Waals surface area (Å²) in [5, 5.41) is 12.1. The van der Waals surface area contributed by atoms with Crippen LogP contribution in [0.25, 0.3) is 0 Å². The summed E-state index contributed by atoms with van der Waals surface area (Å²) in [4.78, 5) is 27.1. The van der Waals surface area contributed by atoms with Crippen molar-refractivity contribution in [2.24, 2.45) is 0 Å². The van der Waals surface area contributed by atoms with Crippen LogP contribution >= 0.6 is 0 Å². The van der Waals surface area contributed by atoms with Crippen molar-refractivity contribution < 1.29 is 14.7 Å². The number of hydrogen-bond donors (Lipinski definition) is 2. The van der Waals surface area contributed by atoms with Crippen molar-refractivity contribution in [3.8, 4) is 0 Å². The van der Waals surface area contributed by atoms with E-state index in [1.54, 1.807) is 0 Å². The van der Waals surface area contributed by atoms with E-state index in [9.17, 15) is 14.7 Å². The molecule has 6 heteroatoms. The van der Waals surface area contributed by atoms with Crippen LogP contribution in [-0.4, -0.2) is 64.7 Å². The lowest BCUT2D eigenvalue weighted by molar-refractivity contribution is -0.143. The highest BCUT2D eigenvalue weighted by Crippen LogP contribution is 2.26. The molecule has 0 radical (unpaired) electrons.